The van der Waals surface area contributed by atoms with Gasteiger partial charge in [-0.05, 0) is 24.2 Å². The van der Waals surface area contributed by atoms with Gasteiger partial charge in [-0.1, -0.05) is 12.2 Å². The van der Waals surface area contributed by atoms with Crippen molar-refractivity contribution in [2.75, 3.05) is 0 Å². The highest BCUT2D eigenvalue weighted by Gasteiger charge is 2.80. The molecule has 4 rings (SSSR count). The minimum atomic E-state index is -0.953. The van der Waals surface area contributed by atoms with Gasteiger partial charge in [0.2, 0.25) is 0 Å². The Balaban J connectivity index is 2.11. The van der Waals surface area contributed by atoms with E-state index in [4.69, 9.17) is 10.2 Å². The largest absolute Gasteiger partial charge is 0.481 e. The van der Waals surface area contributed by atoms with E-state index in [1.807, 2.05) is 12.2 Å². The number of aliphatic carboxylic acids is 2. The molecule has 4 aliphatic rings. The number of carboxylic acids is 2. The molecule has 4 aliphatic carbocycles. The van der Waals surface area contributed by atoms with Crippen LogP contribution in [0.15, 0.2) is 12.2 Å². The second-order valence-corrected chi connectivity index (χ2v) is 4.47. The molecular formula is C10H10O4. The highest BCUT2D eigenvalue weighted by atomic mass is 16.4. The van der Waals surface area contributed by atoms with Crippen molar-refractivity contribution in [1.29, 1.82) is 0 Å². The summed E-state index contributed by atoms with van der Waals surface area (Å²) in [6.07, 6.45) is 4.52. The zero-order valence-corrected chi connectivity index (χ0v) is 7.38. The second kappa shape index (κ2) is 2.02. The summed E-state index contributed by atoms with van der Waals surface area (Å²) in [5, 5.41) is 18.2. The van der Waals surface area contributed by atoms with Gasteiger partial charge in [0.05, 0.1) is 11.3 Å². The third-order valence-electron chi connectivity index (χ3n) is 4.16. The highest BCUT2D eigenvalue weighted by Crippen LogP contribution is 2.75. The molecule has 4 bridgehead atoms. The Morgan fingerprint density at radius 3 is 2.43 bits per heavy atom. The molecule has 0 aliphatic heterocycles. The van der Waals surface area contributed by atoms with Gasteiger partial charge in [0.1, 0.15) is 0 Å². The molecule has 0 radical (unpaired) electrons. The average Bonchev–Trinajstić information content (AvgIpc) is 2.68. The first-order valence-electron chi connectivity index (χ1n) is 4.74. The normalized spacial score (nSPS) is 51.7. The summed E-state index contributed by atoms with van der Waals surface area (Å²) in [6.45, 7) is 0. The van der Waals surface area contributed by atoms with Crippen LogP contribution >= 0.6 is 0 Å². The average molecular weight is 194 g/mol. The molecule has 0 saturated heterocycles. The number of allylic oxidation sites excluding steroid dienone is 2. The van der Waals surface area contributed by atoms with E-state index >= 15 is 0 Å². The van der Waals surface area contributed by atoms with Crippen LogP contribution in [0.25, 0.3) is 0 Å². The van der Waals surface area contributed by atoms with Gasteiger partial charge in [0.15, 0.2) is 0 Å². The number of hydrogen-bond acceptors (Lipinski definition) is 2. The van der Waals surface area contributed by atoms with Gasteiger partial charge in [0.25, 0.3) is 0 Å². The predicted octanol–water partition coefficient (Wildman–Crippen LogP) is 0.594. The molecule has 2 fully saturated rings. The Labute approximate surface area is 80.2 Å². The van der Waals surface area contributed by atoms with Crippen molar-refractivity contribution in [3.05, 3.63) is 12.2 Å². The Hall–Kier alpha value is -1.32. The summed E-state index contributed by atoms with van der Waals surface area (Å²) in [4.78, 5) is 22.2. The number of carboxylic acid groups (broad SMARTS) is 2. The van der Waals surface area contributed by atoms with Gasteiger partial charge in [-0.15, -0.1) is 0 Å². The fraction of sp³-hybridized carbons (Fsp3) is 0.600. The summed E-state index contributed by atoms with van der Waals surface area (Å²) in [6, 6.07) is 0. The molecule has 0 amide bonds. The first-order chi connectivity index (χ1) is 6.60. The van der Waals surface area contributed by atoms with Gasteiger partial charge >= 0.3 is 11.9 Å². The lowest BCUT2D eigenvalue weighted by atomic mass is 9.76. The summed E-state index contributed by atoms with van der Waals surface area (Å²) in [5.74, 6) is -2.57. The van der Waals surface area contributed by atoms with Crippen LogP contribution in [0.5, 0.6) is 0 Å². The Morgan fingerprint density at radius 1 is 1.29 bits per heavy atom. The summed E-state index contributed by atoms with van der Waals surface area (Å²) in [5.41, 5.74) is -0.953. The van der Waals surface area contributed by atoms with Crippen molar-refractivity contribution < 1.29 is 19.8 Å². The number of carbonyl (C=O) groups is 2. The molecule has 0 spiro atoms. The molecular weight excluding hydrogens is 184 g/mol. The van der Waals surface area contributed by atoms with Crippen LogP contribution in [-0.4, -0.2) is 22.2 Å². The monoisotopic (exact) mass is 194 g/mol. The molecule has 0 aromatic heterocycles. The van der Waals surface area contributed by atoms with E-state index in [-0.39, 0.29) is 17.8 Å². The van der Waals surface area contributed by atoms with Gasteiger partial charge in [-0.25, -0.2) is 0 Å². The number of rotatable bonds is 2. The van der Waals surface area contributed by atoms with Crippen molar-refractivity contribution in [3.63, 3.8) is 0 Å². The summed E-state index contributed by atoms with van der Waals surface area (Å²) < 4.78 is 0. The topological polar surface area (TPSA) is 74.6 Å². The fourth-order valence-electron chi connectivity index (χ4n) is 3.64. The van der Waals surface area contributed by atoms with Gasteiger partial charge in [-0.2, -0.15) is 0 Å². The van der Waals surface area contributed by atoms with Gasteiger partial charge in [-0.3, -0.25) is 9.59 Å². The van der Waals surface area contributed by atoms with Crippen LogP contribution < -0.4 is 0 Å². The maximum Gasteiger partial charge on any atom is 0.311 e. The van der Waals surface area contributed by atoms with E-state index in [2.05, 4.69) is 0 Å². The molecule has 74 valence electrons. The second-order valence-electron chi connectivity index (χ2n) is 4.47. The molecule has 5 atom stereocenters. The standard InChI is InChI=1S/C10H10O4/c11-8(12)7-4-1-2-5-6(3-4)10(5,7)9(13)14/h1-2,4-7H,3H2,(H,11,12)(H,13,14). The van der Waals surface area contributed by atoms with Crippen LogP contribution in [0.2, 0.25) is 0 Å². The van der Waals surface area contributed by atoms with Gasteiger partial charge in [0, 0.05) is 0 Å². The van der Waals surface area contributed by atoms with Crippen LogP contribution in [0.1, 0.15) is 6.42 Å². The van der Waals surface area contributed by atoms with Crippen molar-refractivity contribution in [2.24, 2.45) is 29.1 Å². The minimum Gasteiger partial charge on any atom is -0.481 e. The maximum atomic E-state index is 11.2. The van der Waals surface area contributed by atoms with Crippen molar-refractivity contribution >= 4 is 11.9 Å². The van der Waals surface area contributed by atoms with Crippen LogP contribution in [0.3, 0.4) is 0 Å². The molecule has 2 N–H and O–H groups in total. The zero-order valence-electron chi connectivity index (χ0n) is 7.38. The molecule has 4 nitrogen and oxygen atoms in total. The Kier molecular flexibility index (Phi) is 1.16. The lowest BCUT2D eigenvalue weighted by Crippen LogP contribution is -2.36. The summed E-state index contributed by atoms with van der Waals surface area (Å²) >= 11 is 0. The number of hydrogen-bond donors (Lipinski definition) is 2. The third kappa shape index (κ3) is 0.576. The van der Waals surface area contributed by atoms with E-state index < -0.39 is 23.3 Å². The summed E-state index contributed by atoms with van der Waals surface area (Å²) in [7, 11) is 0. The van der Waals surface area contributed by atoms with E-state index in [0.29, 0.717) is 0 Å². The van der Waals surface area contributed by atoms with E-state index in [1.54, 1.807) is 0 Å². The Morgan fingerprint density at radius 2 is 2.00 bits per heavy atom. The predicted molar refractivity (Wildman–Crippen MR) is 45.4 cm³/mol. The molecule has 0 aromatic rings. The SMILES string of the molecule is O=C(O)C1C2C=CC3C(C2)C31C(=O)O. The zero-order chi connectivity index (χ0) is 10.1. The molecule has 14 heavy (non-hydrogen) atoms. The quantitative estimate of drug-likeness (QED) is 0.631. The minimum absolute atomic E-state index is 0.0221. The first kappa shape index (κ1) is 8.03. The van der Waals surface area contributed by atoms with Crippen LogP contribution in [-0.2, 0) is 9.59 Å². The van der Waals surface area contributed by atoms with Crippen molar-refractivity contribution in [1.82, 2.24) is 0 Å². The third-order valence-corrected chi connectivity index (χ3v) is 4.16. The first-order valence-corrected chi connectivity index (χ1v) is 4.74. The molecule has 2 saturated carbocycles. The van der Waals surface area contributed by atoms with Crippen molar-refractivity contribution in [2.45, 2.75) is 6.42 Å². The molecule has 4 heteroatoms. The lowest BCUT2D eigenvalue weighted by molar-refractivity contribution is -0.157. The van der Waals surface area contributed by atoms with Crippen molar-refractivity contribution in [3.8, 4) is 0 Å². The van der Waals surface area contributed by atoms with Crippen LogP contribution in [0.4, 0.5) is 0 Å². The maximum absolute atomic E-state index is 11.2. The Bertz CT molecular complexity index is 368. The highest BCUT2D eigenvalue weighted by molar-refractivity contribution is 5.90. The van der Waals surface area contributed by atoms with E-state index in [1.165, 1.54) is 0 Å². The molecule has 0 aromatic carbocycles. The smallest absolute Gasteiger partial charge is 0.311 e. The fourth-order valence-corrected chi connectivity index (χ4v) is 3.64. The molecule has 5 unspecified atom stereocenters. The van der Waals surface area contributed by atoms with E-state index in [0.717, 1.165) is 6.42 Å². The molecule has 0 heterocycles. The van der Waals surface area contributed by atoms with Gasteiger partial charge < -0.3 is 10.2 Å². The lowest BCUT2D eigenvalue weighted by Gasteiger charge is -2.26. The van der Waals surface area contributed by atoms with Crippen LogP contribution in [0, 0.1) is 29.1 Å². The van der Waals surface area contributed by atoms with E-state index in [9.17, 15) is 9.59 Å².